The van der Waals surface area contributed by atoms with Crippen LogP contribution in [-0.2, 0) is 21.3 Å². The molecule has 0 amide bonds. The molecule has 1 saturated carbocycles. The Bertz CT molecular complexity index is 1420. The van der Waals surface area contributed by atoms with E-state index in [0.29, 0.717) is 23.0 Å². The Balaban J connectivity index is 1.59. The number of fused-ring (bicyclic) bond motifs is 1. The second-order valence-electron chi connectivity index (χ2n) is 8.48. The van der Waals surface area contributed by atoms with Crippen molar-refractivity contribution in [1.82, 2.24) is 4.57 Å². The molecule has 1 aliphatic rings. The van der Waals surface area contributed by atoms with Crippen molar-refractivity contribution < 1.29 is 17.5 Å². The standard InChI is InChI=1S/C23H24BrN3O6S/c1-14-3-8-17(9-4-14)34(31,32)33-12-11-19(15-5-6-15)25-22-18-13-16(27(29)30)7-10-20(18)26(2)23(28)21(22)24/h3-4,7-10,13,15,19,25H,5-6,11-12H2,1-2H3. The van der Waals surface area contributed by atoms with Gasteiger partial charge in [-0.05, 0) is 66.2 Å². The van der Waals surface area contributed by atoms with Gasteiger partial charge in [-0.1, -0.05) is 17.7 Å². The zero-order chi connectivity index (χ0) is 24.6. The number of aryl methyl sites for hydroxylation is 2. The highest BCUT2D eigenvalue weighted by Gasteiger charge is 2.33. The van der Waals surface area contributed by atoms with E-state index in [4.69, 9.17) is 4.18 Å². The third-order valence-electron chi connectivity index (χ3n) is 6.03. The van der Waals surface area contributed by atoms with Gasteiger partial charge in [0.25, 0.3) is 21.4 Å². The predicted molar refractivity (Wildman–Crippen MR) is 133 cm³/mol. The third kappa shape index (κ3) is 5.01. The summed E-state index contributed by atoms with van der Waals surface area (Å²) in [5.41, 5.74) is 1.59. The largest absolute Gasteiger partial charge is 0.380 e. The van der Waals surface area contributed by atoms with Crippen LogP contribution in [0.2, 0.25) is 0 Å². The number of nitro benzene ring substituents is 1. The number of nitrogens with one attached hydrogen (secondary N) is 1. The summed E-state index contributed by atoms with van der Waals surface area (Å²) in [4.78, 5) is 23.7. The Morgan fingerprint density at radius 1 is 1.24 bits per heavy atom. The zero-order valence-electron chi connectivity index (χ0n) is 18.7. The number of non-ortho nitro benzene ring substituents is 1. The molecule has 0 radical (unpaired) electrons. The summed E-state index contributed by atoms with van der Waals surface area (Å²) >= 11 is 3.36. The van der Waals surface area contributed by atoms with Crippen molar-refractivity contribution in [2.24, 2.45) is 13.0 Å². The summed E-state index contributed by atoms with van der Waals surface area (Å²) in [5, 5.41) is 15.2. The number of rotatable bonds is 9. The summed E-state index contributed by atoms with van der Waals surface area (Å²) in [6, 6.07) is 10.6. The molecule has 1 aliphatic carbocycles. The highest BCUT2D eigenvalue weighted by atomic mass is 79.9. The highest BCUT2D eigenvalue weighted by molar-refractivity contribution is 9.10. The first-order valence-corrected chi connectivity index (χ1v) is 13.0. The summed E-state index contributed by atoms with van der Waals surface area (Å²) in [6.07, 6.45) is 2.31. The fourth-order valence-electron chi connectivity index (χ4n) is 3.92. The predicted octanol–water partition coefficient (Wildman–Crippen LogP) is 4.50. The lowest BCUT2D eigenvalue weighted by Gasteiger charge is -2.22. The molecule has 2 aromatic carbocycles. The minimum atomic E-state index is -3.89. The van der Waals surface area contributed by atoms with Crippen LogP contribution in [0.25, 0.3) is 10.9 Å². The van der Waals surface area contributed by atoms with Crippen LogP contribution in [0.1, 0.15) is 24.8 Å². The van der Waals surface area contributed by atoms with E-state index in [2.05, 4.69) is 21.2 Å². The number of nitro groups is 1. The average molecular weight is 550 g/mol. The molecule has 0 saturated heterocycles. The van der Waals surface area contributed by atoms with E-state index >= 15 is 0 Å². The smallest absolute Gasteiger partial charge is 0.296 e. The van der Waals surface area contributed by atoms with Gasteiger partial charge in [-0.15, -0.1) is 0 Å². The zero-order valence-corrected chi connectivity index (χ0v) is 21.1. The minimum Gasteiger partial charge on any atom is -0.380 e. The minimum absolute atomic E-state index is 0.0368. The van der Waals surface area contributed by atoms with E-state index in [1.165, 1.54) is 28.8 Å². The summed E-state index contributed by atoms with van der Waals surface area (Å²) < 4.78 is 32.0. The first-order chi connectivity index (χ1) is 16.1. The summed E-state index contributed by atoms with van der Waals surface area (Å²) in [5.74, 6) is 0.287. The second kappa shape index (κ2) is 9.47. The van der Waals surface area contributed by atoms with Crippen molar-refractivity contribution in [2.75, 3.05) is 11.9 Å². The number of hydrogen-bond acceptors (Lipinski definition) is 7. The lowest BCUT2D eigenvalue weighted by molar-refractivity contribution is -0.384. The summed E-state index contributed by atoms with van der Waals surface area (Å²) in [6.45, 7) is 1.83. The first-order valence-electron chi connectivity index (χ1n) is 10.8. The lowest BCUT2D eigenvalue weighted by Crippen LogP contribution is -2.27. The van der Waals surface area contributed by atoms with Crippen molar-refractivity contribution >= 4 is 48.3 Å². The molecule has 0 aliphatic heterocycles. The van der Waals surface area contributed by atoms with E-state index in [9.17, 15) is 23.3 Å². The Kier molecular flexibility index (Phi) is 6.79. The van der Waals surface area contributed by atoms with Crippen molar-refractivity contribution in [3.8, 4) is 0 Å². The Morgan fingerprint density at radius 2 is 1.91 bits per heavy atom. The molecule has 0 bridgehead atoms. The second-order valence-corrected chi connectivity index (χ2v) is 10.9. The molecule has 1 aromatic heterocycles. The van der Waals surface area contributed by atoms with Gasteiger partial charge in [0.1, 0.15) is 4.47 Å². The number of nitrogens with zero attached hydrogens (tertiary/aromatic N) is 2. The molecule has 1 fully saturated rings. The maximum absolute atomic E-state index is 12.8. The van der Waals surface area contributed by atoms with Crippen LogP contribution in [0.5, 0.6) is 0 Å². The van der Waals surface area contributed by atoms with E-state index in [-0.39, 0.29) is 39.2 Å². The van der Waals surface area contributed by atoms with Gasteiger partial charge >= 0.3 is 0 Å². The fourth-order valence-corrected chi connectivity index (χ4v) is 5.44. The van der Waals surface area contributed by atoms with Crippen LogP contribution in [-0.4, -0.2) is 30.6 Å². The first kappa shape index (κ1) is 24.4. The van der Waals surface area contributed by atoms with Crippen molar-refractivity contribution in [3.63, 3.8) is 0 Å². The molecule has 34 heavy (non-hydrogen) atoms. The quantitative estimate of drug-likeness (QED) is 0.237. The van der Waals surface area contributed by atoms with Crippen LogP contribution in [0, 0.1) is 23.0 Å². The Hall–Kier alpha value is -2.76. The highest BCUT2D eigenvalue weighted by Crippen LogP contribution is 2.39. The van der Waals surface area contributed by atoms with Crippen molar-refractivity contribution in [3.05, 3.63) is 73.0 Å². The molecule has 3 aromatic rings. The van der Waals surface area contributed by atoms with Crippen LogP contribution >= 0.6 is 15.9 Å². The Labute approximate surface area is 205 Å². The molecule has 0 spiro atoms. The molecular weight excluding hydrogens is 526 g/mol. The van der Waals surface area contributed by atoms with Crippen molar-refractivity contribution in [1.29, 1.82) is 0 Å². The van der Waals surface area contributed by atoms with Gasteiger partial charge in [-0.25, -0.2) is 0 Å². The SMILES string of the molecule is Cc1ccc(S(=O)(=O)OCCC(Nc2c(Br)c(=O)n(C)c3ccc([N+](=O)[O-])cc23)C2CC2)cc1. The molecular formula is C23H24BrN3O6S. The van der Waals surface area contributed by atoms with E-state index in [0.717, 1.165) is 18.4 Å². The van der Waals surface area contributed by atoms with Gasteiger partial charge in [-0.3, -0.25) is 19.1 Å². The third-order valence-corrected chi connectivity index (χ3v) is 8.09. The number of anilines is 1. The monoisotopic (exact) mass is 549 g/mol. The number of benzene rings is 2. The molecule has 1 N–H and O–H groups in total. The van der Waals surface area contributed by atoms with E-state index in [1.54, 1.807) is 25.2 Å². The number of aromatic nitrogens is 1. The number of pyridine rings is 1. The van der Waals surface area contributed by atoms with Crippen molar-refractivity contribution in [2.45, 2.75) is 37.1 Å². The molecule has 180 valence electrons. The summed E-state index contributed by atoms with van der Waals surface area (Å²) in [7, 11) is -2.28. The number of halogens is 1. The van der Waals surface area contributed by atoms with Crippen LogP contribution < -0.4 is 10.9 Å². The normalized spacial score (nSPS) is 14.8. The van der Waals surface area contributed by atoms with Gasteiger partial charge in [0, 0.05) is 30.6 Å². The number of hydrogen-bond donors (Lipinski definition) is 1. The van der Waals surface area contributed by atoms with Gasteiger partial charge < -0.3 is 9.88 Å². The molecule has 1 atom stereocenters. The van der Waals surface area contributed by atoms with E-state index < -0.39 is 15.0 Å². The van der Waals surface area contributed by atoms with Crippen LogP contribution in [0.15, 0.2) is 56.6 Å². The molecule has 9 nitrogen and oxygen atoms in total. The van der Waals surface area contributed by atoms with Crippen LogP contribution in [0.3, 0.4) is 0 Å². The van der Waals surface area contributed by atoms with Gasteiger partial charge in [-0.2, -0.15) is 8.42 Å². The van der Waals surface area contributed by atoms with Gasteiger partial charge in [0.05, 0.1) is 27.6 Å². The van der Waals surface area contributed by atoms with E-state index in [1.807, 2.05) is 6.92 Å². The molecule has 4 rings (SSSR count). The van der Waals surface area contributed by atoms with Crippen LogP contribution in [0.4, 0.5) is 11.4 Å². The Morgan fingerprint density at radius 3 is 2.53 bits per heavy atom. The lowest BCUT2D eigenvalue weighted by atomic mass is 10.1. The molecule has 11 heteroatoms. The van der Waals surface area contributed by atoms with Gasteiger partial charge in [0.2, 0.25) is 0 Å². The van der Waals surface area contributed by atoms with Gasteiger partial charge in [0.15, 0.2) is 0 Å². The molecule has 1 heterocycles. The topological polar surface area (TPSA) is 121 Å². The maximum Gasteiger partial charge on any atom is 0.296 e. The maximum atomic E-state index is 12.8. The fraction of sp³-hybridized carbons (Fsp3) is 0.348. The molecule has 1 unspecified atom stereocenters. The average Bonchev–Trinajstić information content (AvgIpc) is 3.64.